The molecule has 154 valence electrons. The number of benzene rings is 2. The maximum atomic E-state index is 12.6. The number of esters is 1. The summed E-state index contributed by atoms with van der Waals surface area (Å²) in [6, 6.07) is 16.8. The van der Waals surface area contributed by atoms with Crippen LogP contribution in [0, 0.1) is 0 Å². The van der Waals surface area contributed by atoms with Crippen molar-refractivity contribution in [2.24, 2.45) is 0 Å². The summed E-state index contributed by atoms with van der Waals surface area (Å²) in [5, 5.41) is 1.81. The zero-order valence-electron chi connectivity index (χ0n) is 15.2. The van der Waals surface area contributed by atoms with E-state index in [2.05, 4.69) is 10.3 Å². The standard InChI is InChI=1S/C21H14ClF3N2O3/c22-17-10-16(21(23,24)25)11-26-19(17)27-18(28)12-30-20(29)15-8-6-14(7-9-15)13-4-2-1-3-5-13/h1-11H,12H2,(H,26,27,28). The second-order valence-corrected chi connectivity index (χ2v) is 6.53. The molecule has 3 rings (SSSR count). The molecule has 30 heavy (non-hydrogen) atoms. The van der Waals surface area contributed by atoms with Crippen molar-refractivity contribution in [2.45, 2.75) is 6.18 Å². The topological polar surface area (TPSA) is 68.3 Å². The summed E-state index contributed by atoms with van der Waals surface area (Å²) in [5.41, 5.74) is 1.09. The van der Waals surface area contributed by atoms with Crippen molar-refractivity contribution in [3.05, 3.63) is 83.0 Å². The molecule has 0 aliphatic heterocycles. The van der Waals surface area contributed by atoms with E-state index in [1.165, 1.54) is 0 Å². The van der Waals surface area contributed by atoms with Crippen LogP contribution in [-0.4, -0.2) is 23.5 Å². The van der Waals surface area contributed by atoms with E-state index in [0.717, 1.165) is 11.1 Å². The molecule has 2 aromatic carbocycles. The van der Waals surface area contributed by atoms with E-state index < -0.39 is 30.2 Å². The normalized spacial score (nSPS) is 11.1. The number of hydrogen-bond acceptors (Lipinski definition) is 4. The molecule has 1 heterocycles. The molecular weight excluding hydrogens is 421 g/mol. The Bertz CT molecular complexity index is 1060. The minimum Gasteiger partial charge on any atom is -0.452 e. The molecular formula is C21H14ClF3N2O3. The first kappa shape index (κ1) is 21.3. The van der Waals surface area contributed by atoms with Crippen molar-refractivity contribution < 1.29 is 27.5 Å². The van der Waals surface area contributed by atoms with Gasteiger partial charge in [0, 0.05) is 6.20 Å². The highest BCUT2D eigenvalue weighted by molar-refractivity contribution is 6.33. The lowest BCUT2D eigenvalue weighted by Crippen LogP contribution is -2.22. The third-order valence-electron chi connectivity index (χ3n) is 3.99. The number of nitrogens with zero attached hydrogens (tertiary/aromatic N) is 1. The van der Waals surface area contributed by atoms with E-state index in [1.54, 1.807) is 24.3 Å². The van der Waals surface area contributed by atoms with Gasteiger partial charge < -0.3 is 10.1 Å². The molecule has 0 fully saturated rings. The fourth-order valence-corrected chi connectivity index (χ4v) is 2.71. The Balaban J connectivity index is 1.56. The van der Waals surface area contributed by atoms with Gasteiger partial charge in [-0.3, -0.25) is 4.79 Å². The fourth-order valence-electron chi connectivity index (χ4n) is 2.50. The summed E-state index contributed by atoms with van der Waals surface area (Å²) < 4.78 is 42.8. The smallest absolute Gasteiger partial charge is 0.417 e. The molecule has 0 saturated carbocycles. The van der Waals surface area contributed by atoms with Crippen molar-refractivity contribution in [3.63, 3.8) is 0 Å². The first-order valence-corrected chi connectivity index (χ1v) is 8.97. The van der Waals surface area contributed by atoms with Gasteiger partial charge in [-0.2, -0.15) is 13.2 Å². The summed E-state index contributed by atoms with van der Waals surface area (Å²) in [4.78, 5) is 27.5. The number of amides is 1. The van der Waals surface area contributed by atoms with Crippen molar-refractivity contribution in [1.82, 2.24) is 4.98 Å². The van der Waals surface area contributed by atoms with Gasteiger partial charge in [0.25, 0.3) is 5.91 Å². The van der Waals surface area contributed by atoms with Crippen LogP contribution in [0.4, 0.5) is 19.0 Å². The first-order chi connectivity index (χ1) is 14.2. The van der Waals surface area contributed by atoms with Gasteiger partial charge >= 0.3 is 12.1 Å². The van der Waals surface area contributed by atoms with Crippen molar-refractivity contribution >= 4 is 29.3 Å². The average Bonchev–Trinajstić information content (AvgIpc) is 2.73. The number of pyridine rings is 1. The minimum absolute atomic E-state index is 0.244. The Kier molecular flexibility index (Phi) is 6.37. The van der Waals surface area contributed by atoms with Gasteiger partial charge in [0.15, 0.2) is 12.4 Å². The van der Waals surface area contributed by atoms with E-state index in [0.29, 0.717) is 12.3 Å². The highest BCUT2D eigenvalue weighted by Gasteiger charge is 2.31. The number of carbonyl (C=O) groups is 2. The summed E-state index contributed by atoms with van der Waals surface area (Å²) in [6.07, 6.45) is -4.06. The highest BCUT2D eigenvalue weighted by Crippen LogP contribution is 2.32. The van der Waals surface area contributed by atoms with Gasteiger partial charge in [0.1, 0.15) is 0 Å². The molecule has 0 bridgehead atoms. The second-order valence-electron chi connectivity index (χ2n) is 6.12. The van der Waals surface area contributed by atoms with Crippen molar-refractivity contribution in [3.8, 4) is 11.1 Å². The molecule has 1 amide bonds. The maximum Gasteiger partial charge on any atom is 0.417 e. The number of hydrogen-bond donors (Lipinski definition) is 1. The van der Waals surface area contributed by atoms with Crippen LogP contribution in [0.3, 0.4) is 0 Å². The van der Waals surface area contributed by atoms with Gasteiger partial charge in [-0.15, -0.1) is 0 Å². The molecule has 3 aromatic rings. The van der Waals surface area contributed by atoms with Crippen LogP contribution in [0.15, 0.2) is 66.9 Å². The zero-order valence-corrected chi connectivity index (χ0v) is 16.0. The Morgan fingerprint density at radius 3 is 2.23 bits per heavy atom. The van der Waals surface area contributed by atoms with Gasteiger partial charge in [-0.05, 0) is 29.3 Å². The molecule has 1 aromatic heterocycles. The lowest BCUT2D eigenvalue weighted by atomic mass is 10.0. The Morgan fingerprint density at radius 1 is 1.00 bits per heavy atom. The summed E-state index contributed by atoms with van der Waals surface area (Å²) in [7, 11) is 0. The van der Waals surface area contributed by atoms with E-state index in [-0.39, 0.29) is 16.4 Å². The molecule has 0 spiro atoms. The molecule has 0 aliphatic carbocycles. The number of halogens is 4. The van der Waals surface area contributed by atoms with Gasteiger partial charge in [-0.1, -0.05) is 54.1 Å². The average molecular weight is 435 g/mol. The second kappa shape index (κ2) is 8.96. The Hall–Kier alpha value is -3.39. The number of carbonyl (C=O) groups excluding carboxylic acids is 2. The van der Waals surface area contributed by atoms with E-state index in [4.69, 9.17) is 16.3 Å². The number of aromatic nitrogens is 1. The van der Waals surface area contributed by atoms with Crippen molar-refractivity contribution in [2.75, 3.05) is 11.9 Å². The lowest BCUT2D eigenvalue weighted by molar-refractivity contribution is -0.137. The fraction of sp³-hybridized carbons (Fsp3) is 0.0952. The molecule has 0 aliphatic rings. The predicted molar refractivity (Wildman–Crippen MR) is 105 cm³/mol. The first-order valence-electron chi connectivity index (χ1n) is 8.59. The third kappa shape index (κ3) is 5.36. The monoisotopic (exact) mass is 434 g/mol. The van der Waals surface area contributed by atoms with Crippen LogP contribution in [0.5, 0.6) is 0 Å². The number of anilines is 1. The van der Waals surface area contributed by atoms with Crippen LogP contribution in [0.1, 0.15) is 15.9 Å². The van der Waals surface area contributed by atoms with Gasteiger partial charge in [0.2, 0.25) is 0 Å². The number of alkyl halides is 3. The SMILES string of the molecule is O=C(COC(=O)c1ccc(-c2ccccc2)cc1)Nc1ncc(C(F)(F)F)cc1Cl. The number of nitrogens with one attached hydrogen (secondary N) is 1. The molecule has 0 saturated heterocycles. The number of rotatable bonds is 5. The zero-order chi connectivity index (χ0) is 21.7. The molecule has 0 unspecified atom stereocenters. The van der Waals surface area contributed by atoms with Crippen LogP contribution < -0.4 is 5.32 Å². The van der Waals surface area contributed by atoms with Crippen molar-refractivity contribution in [1.29, 1.82) is 0 Å². The lowest BCUT2D eigenvalue weighted by Gasteiger charge is -2.10. The molecule has 5 nitrogen and oxygen atoms in total. The summed E-state index contributed by atoms with van der Waals surface area (Å²) in [6.45, 7) is -0.654. The Labute approximate surface area is 174 Å². The van der Waals surface area contributed by atoms with Crippen LogP contribution in [-0.2, 0) is 15.7 Å². The van der Waals surface area contributed by atoms with Crippen LogP contribution in [0.25, 0.3) is 11.1 Å². The van der Waals surface area contributed by atoms with Gasteiger partial charge in [0.05, 0.1) is 16.1 Å². The minimum atomic E-state index is -4.61. The maximum absolute atomic E-state index is 12.6. The van der Waals surface area contributed by atoms with E-state index in [1.807, 2.05) is 30.3 Å². The van der Waals surface area contributed by atoms with E-state index >= 15 is 0 Å². The van der Waals surface area contributed by atoms with Crippen LogP contribution >= 0.6 is 11.6 Å². The quantitative estimate of drug-likeness (QED) is 0.559. The summed E-state index contributed by atoms with van der Waals surface area (Å²) in [5.74, 6) is -1.78. The number of ether oxygens (including phenoxy) is 1. The predicted octanol–water partition coefficient (Wildman–Crippen LogP) is 5.22. The molecule has 9 heteroatoms. The largest absolute Gasteiger partial charge is 0.452 e. The molecule has 1 N–H and O–H groups in total. The Morgan fingerprint density at radius 2 is 1.63 bits per heavy atom. The van der Waals surface area contributed by atoms with Gasteiger partial charge in [-0.25, -0.2) is 9.78 Å². The van der Waals surface area contributed by atoms with Crippen LogP contribution in [0.2, 0.25) is 5.02 Å². The molecule has 0 atom stereocenters. The highest BCUT2D eigenvalue weighted by atomic mass is 35.5. The summed E-state index contributed by atoms with van der Waals surface area (Å²) >= 11 is 5.72. The third-order valence-corrected chi connectivity index (χ3v) is 4.28. The molecule has 0 radical (unpaired) electrons. The van der Waals surface area contributed by atoms with E-state index in [9.17, 15) is 22.8 Å².